The highest BCUT2D eigenvalue weighted by Gasteiger charge is 2.47. The Morgan fingerprint density at radius 3 is 1.31 bits per heavy atom. The Labute approximate surface area is 658 Å². The zero-order valence-electron chi connectivity index (χ0n) is 61.8. The first-order chi connectivity index (χ1) is 55.3. The quantitative estimate of drug-likeness (QED) is 0.0389. The van der Waals surface area contributed by atoms with E-state index in [9.17, 15) is 57.7 Å². The second kappa shape index (κ2) is 36.4. The Kier molecular flexibility index (Phi) is 25.4. The minimum absolute atomic E-state index is 0.00665. The lowest BCUT2D eigenvalue weighted by Crippen LogP contribution is -2.50. The number of alkyl halides is 3. The van der Waals surface area contributed by atoms with Gasteiger partial charge in [-0.1, -0.05) is 42.5 Å². The molecule has 6 aliphatic rings. The van der Waals surface area contributed by atoms with Crippen LogP contribution in [-0.4, -0.2) is 181 Å². The molecule has 12 atom stereocenters. The highest BCUT2D eigenvalue weighted by molar-refractivity contribution is 7.12. The molecule has 29 heteroatoms. The van der Waals surface area contributed by atoms with Gasteiger partial charge in [0.1, 0.15) is 79.9 Å². The standard InChI is InChI=1S/C29H28FN3O4S.2C28H26FN5O4/c1-17-5-8-27(38-17)22-13-23(22)29(36)32-21-4-2-3-18(12-21)19-6-7-25(20(11-19)14-31)37-26-9-10-33(15-24(26)30)28(35)16-34;29-23-15-34(27(36)16-35)9-6-26(23)38-25-4-3-17(10-19(25)13-30)24-11-20(5-8-32-24)33-28(37)22-12-21(22)18-2-1-7-31-14-18;29-24-14-34(27(36)15-35)7-6-26(24)38-25-5-4-18(8-19(25)11-30)17-2-1-3-21(9-17)33-28(37)23-10-22(23)20-12-31-16-32-13-20/h2-8,11-12,22-24,26,34H,9-10,13,15-16H2,1H3,(H,32,36);1-5,7-8,10-11,14,21-23,26,35H,6,9,12,15-16H2,(H,32,33,37);1-5,8-9,12-13,16,22-24,26,35H,6-7,10,14-15H2,(H,33,37)/t22-,23-,24-,26+;21-,22+,23+,26-;22-,23+,24+,26-/m100/s1. The third kappa shape index (κ3) is 19.5. The monoisotopic (exact) mass is 1560 g/mol. The summed E-state index contributed by atoms with van der Waals surface area (Å²) >= 11 is 1.74. The van der Waals surface area contributed by atoms with E-state index in [-0.39, 0.29) is 146 Å². The summed E-state index contributed by atoms with van der Waals surface area (Å²) in [7, 11) is 0. The van der Waals surface area contributed by atoms with Crippen LogP contribution in [0.4, 0.5) is 30.2 Å². The Morgan fingerprint density at radius 1 is 0.474 bits per heavy atom. The molecule has 584 valence electrons. The van der Waals surface area contributed by atoms with Gasteiger partial charge < -0.3 is 60.2 Å². The topological polar surface area (TPSA) is 360 Å². The molecule has 3 saturated heterocycles. The lowest BCUT2D eigenvalue weighted by Gasteiger charge is -2.34. The molecule has 6 N–H and O–H groups in total. The van der Waals surface area contributed by atoms with Crippen molar-refractivity contribution in [3.05, 3.63) is 214 Å². The highest BCUT2D eigenvalue weighted by atomic mass is 32.1. The number of carbonyl (C=O) groups excluding carboxylic acids is 6. The summed E-state index contributed by atoms with van der Waals surface area (Å²) in [6, 6.07) is 47.7. The first-order valence-corrected chi connectivity index (χ1v) is 38.1. The van der Waals surface area contributed by atoms with Crippen molar-refractivity contribution in [1.82, 2.24) is 34.6 Å². The summed E-state index contributed by atoms with van der Waals surface area (Å²) in [6.45, 7) is 0.405. The van der Waals surface area contributed by atoms with Crippen molar-refractivity contribution in [2.24, 2.45) is 17.8 Å². The summed E-state index contributed by atoms with van der Waals surface area (Å²) < 4.78 is 61.5. The molecule has 0 spiro atoms. The van der Waals surface area contributed by atoms with E-state index in [0.717, 1.165) is 52.6 Å². The highest BCUT2D eigenvalue weighted by Crippen LogP contribution is 2.51. The number of thiophene rings is 1. The summed E-state index contributed by atoms with van der Waals surface area (Å²) in [6.07, 6.45) is 6.43. The van der Waals surface area contributed by atoms with Gasteiger partial charge in [-0.15, -0.1) is 11.3 Å². The van der Waals surface area contributed by atoms with E-state index in [4.69, 9.17) is 29.5 Å². The largest absolute Gasteiger partial charge is 0.486 e. The fourth-order valence-corrected chi connectivity index (χ4v) is 15.4. The van der Waals surface area contributed by atoms with Crippen LogP contribution in [0.25, 0.3) is 33.5 Å². The van der Waals surface area contributed by atoms with Crippen LogP contribution in [-0.2, 0) is 28.8 Å². The number of likely N-dealkylation sites (tertiary alicyclic amines) is 3. The molecule has 6 fully saturated rings. The van der Waals surface area contributed by atoms with E-state index in [2.05, 4.69) is 73.2 Å². The molecule has 7 heterocycles. The lowest BCUT2D eigenvalue weighted by molar-refractivity contribution is -0.138. The van der Waals surface area contributed by atoms with Gasteiger partial charge in [-0.2, -0.15) is 15.8 Å². The number of rotatable bonds is 21. The number of anilines is 3. The zero-order chi connectivity index (χ0) is 80.1. The third-order valence-electron chi connectivity index (χ3n) is 20.9. The van der Waals surface area contributed by atoms with E-state index < -0.39 is 74.4 Å². The minimum atomic E-state index is -1.45. The number of aromatic nitrogens is 4. The summed E-state index contributed by atoms with van der Waals surface area (Å²) in [4.78, 5) is 96.1. The van der Waals surface area contributed by atoms with Crippen LogP contribution in [0, 0.1) is 58.7 Å². The number of piperidine rings is 3. The van der Waals surface area contributed by atoms with Crippen LogP contribution in [0.3, 0.4) is 0 Å². The maximum absolute atomic E-state index is 14.7. The third-order valence-corrected chi connectivity index (χ3v) is 22.1. The maximum Gasteiger partial charge on any atom is 0.248 e. The van der Waals surface area contributed by atoms with Crippen molar-refractivity contribution >= 4 is 63.8 Å². The normalized spacial score (nSPS) is 22.3. The number of hydrogen-bond donors (Lipinski definition) is 6. The Bertz CT molecular complexity index is 4950. The average molecular weight is 1560 g/mol. The number of hydrogen-bond acceptors (Lipinski definition) is 20. The van der Waals surface area contributed by atoms with Gasteiger partial charge >= 0.3 is 0 Å². The number of carbonyl (C=O) groups is 6. The zero-order valence-corrected chi connectivity index (χ0v) is 62.6. The van der Waals surface area contributed by atoms with Gasteiger partial charge in [-0.05, 0) is 168 Å². The number of benzene rings is 5. The Balaban J connectivity index is 0.000000149. The molecule has 5 aromatic carbocycles. The van der Waals surface area contributed by atoms with E-state index in [1.807, 2.05) is 60.7 Å². The van der Waals surface area contributed by atoms with Gasteiger partial charge in [-0.25, -0.2) is 23.1 Å². The van der Waals surface area contributed by atoms with E-state index in [1.54, 1.807) is 109 Å². The molecule has 25 nitrogen and oxygen atoms in total. The lowest BCUT2D eigenvalue weighted by atomic mass is 10.0. The molecule has 3 aliphatic heterocycles. The molecule has 3 saturated carbocycles. The van der Waals surface area contributed by atoms with Gasteiger partial charge in [-0.3, -0.25) is 38.7 Å². The molecule has 6 amide bonds. The van der Waals surface area contributed by atoms with Crippen LogP contribution in [0.15, 0.2) is 177 Å². The van der Waals surface area contributed by atoms with Gasteiger partial charge in [0.2, 0.25) is 35.4 Å². The van der Waals surface area contributed by atoms with Gasteiger partial charge in [0.25, 0.3) is 0 Å². The second-order valence-corrected chi connectivity index (χ2v) is 30.0. The van der Waals surface area contributed by atoms with Crippen molar-refractivity contribution in [2.75, 3.05) is 75.0 Å². The van der Waals surface area contributed by atoms with Crippen molar-refractivity contribution < 1.29 is 71.5 Å². The van der Waals surface area contributed by atoms with Crippen molar-refractivity contribution in [3.8, 4) is 69.0 Å². The number of nitrogens with one attached hydrogen (secondary N) is 3. The van der Waals surface area contributed by atoms with Crippen molar-refractivity contribution in [3.63, 3.8) is 0 Å². The number of aryl methyl sites for hydroxylation is 1. The fraction of sp³-hybridized carbons (Fsp3) is 0.329. The summed E-state index contributed by atoms with van der Waals surface area (Å²) in [5.41, 5.74) is 9.02. The maximum atomic E-state index is 14.7. The average Bonchev–Trinajstić information content (AvgIpc) is 1.62. The second-order valence-electron chi connectivity index (χ2n) is 28.7. The summed E-state index contributed by atoms with van der Waals surface area (Å²) in [5, 5.41) is 65.1. The number of halogens is 3. The molecule has 0 unspecified atom stereocenters. The fourth-order valence-electron chi connectivity index (χ4n) is 14.4. The van der Waals surface area contributed by atoms with E-state index in [1.165, 1.54) is 30.8 Å². The number of aliphatic hydroxyl groups excluding tert-OH is 3. The number of aliphatic hydroxyl groups is 3. The Hall–Kier alpha value is -12.5. The van der Waals surface area contributed by atoms with Gasteiger partial charge in [0, 0.05) is 126 Å². The molecule has 0 radical (unpaired) electrons. The predicted molar refractivity (Wildman–Crippen MR) is 414 cm³/mol. The van der Waals surface area contributed by atoms with Crippen LogP contribution in [0.5, 0.6) is 17.2 Å². The van der Waals surface area contributed by atoms with Gasteiger partial charge in [0.15, 0.2) is 18.5 Å². The van der Waals surface area contributed by atoms with Crippen LogP contribution < -0.4 is 30.2 Å². The number of nitrogens with zero attached hydrogens (tertiary/aromatic N) is 10. The summed E-state index contributed by atoms with van der Waals surface area (Å²) in [5.74, 6) is -0.574. The first-order valence-electron chi connectivity index (χ1n) is 37.3. The number of nitriles is 3. The molecule has 15 rings (SSSR count). The van der Waals surface area contributed by atoms with Crippen molar-refractivity contribution in [1.29, 1.82) is 15.8 Å². The molecular weight excluding hydrogens is 1480 g/mol. The number of amides is 6. The van der Waals surface area contributed by atoms with Crippen molar-refractivity contribution in [2.45, 2.75) is 100 Å². The molecule has 0 bridgehead atoms. The molecular formula is C85H80F3N13O12S. The van der Waals surface area contributed by atoms with Crippen LogP contribution in [0.1, 0.15) is 93.9 Å². The SMILES string of the molecule is Cc1ccc([C@@H]2C[C@H]2C(=O)Nc2cccc(-c3ccc(O[C@H]4CCN(C(=O)CO)C[C@H]4F)c(C#N)c3)c2)s1.N#Cc1cc(-c2cc(NC(=O)[C@@H]3C[C@H]3c3cccnc3)ccn2)ccc1O[C@H]1CCN(C(=O)CO)C[C@H]1F.N#Cc1cc(-c2cccc(NC(=O)[C@@H]3C[C@H]3c3cncnc3)c2)ccc1O[C@H]1CCN(C(=O)CO)C[C@H]1F. The first kappa shape index (κ1) is 79.6. The predicted octanol–water partition coefficient (Wildman–Crippen LogP) is 10.8. The van der Waals surface area contributed by atoms with Crippen LogP contribution >= 0.6 is 11.3 Å². The molecule has 3 aliphatic carbocycles. The smallest absolute Gasteiger partial charge is 0.248 e. The molecule has 9 aromatic rings. The minimum Gasteiger partial charge on any atom is -0.486 e. The Morgan fingerprint density at radius 2 is 0.886 bits per heavy atom. The van der Waals surface area contributed by atoms with Gasteiger partial charge in [0.05, 0.1) is 42.0 Å². The van der Waals surface area contributed by atoms with E-state index in [0.29, 0.717) is 28.3 Å². The van der Waals surface area contributed by atoms with E-state index >= 15 is 0 Å². The number of ether oxygens (including phenoxy) is 3. The molecule has 114 heavy (non-hydrogen) atoms. The molecule has 4 aromatic heterocycles. The number of pyridine rings is 2. The van der Waals surface area contributed by atoms with Crippen LogP contribution in [0.2, 0.25) is 0 Å².